The second-order valence-electron chi connectivity index (χ2n) is 2.30. The Morgan fingerprint density at radius 3 is 2.57 bits per heavy atom. The number of aromatic carboxylic acids is 1. The average molecular weight is 270 g/mol. The Hall–Kier alpha value is -1.11. The van der Waals surface area contributed by atoms with Crippen molar-refractivity contribution in [3.05, 3.63) is 27.7 Å². The highest BCUT2D eigenvalue weighted by Crippen LogP contribution is 2.28. The lowest BCUT2D eigenvalue weighted by molar-refractivity contribution is 0.0681. The van der Waals surface area contributed by atoms with Crippen molar-refractivity contribution < 1.29 is 23.1 Å². The molecule has 1 aromatic heterocycles. The molecule has 0 amide bonds. The van der Waals surface area contributed by atoms with Crippen LogP contribution in [0.2, 0.25) is 0 Å². The molecule has 0 saturated carbocycles. The summed E-state index contributed by atoms with van der Waals surface area (Å²) >= 11 is 2.59. The molecule has 0 unspecified atom stereocenters. The predicted molar refractivity (Wildman–Crippen MR) is 43.8 cm³/mol. The fourth-order valence-electron chi connectivity index (χ4n) is 0.861. The van der Waals surface area contributed by atoms with E-state index in [0.29, 0.717) is 6.20 Å². The number of hydrogen-bond acceptors (Lipinski definition) is 2. The topological polar surface area (TPSA) is 50.2 Å². The first-order chi connectivity index (χ1) is 6.45. The number of rotatable bonds is 2. The third-order valence-electron chi connectivity index (χ3n) is 1.46. The van der Waals surface area contributed by atoms with E-state index in [9.17, 15) is 18.0 Å². The van der Waals surface area contributed by atoms with Crippen LogP contribution in [0, 0.1) is 5.82 Å². The monoisotopic (exact) mass is 269 g/mol. The molecule has 1 aromatic rings. The highest BCUT2D eigenvalue weighted by molar-refractivity contribution is 9.10. The van der Waals surface area contributed by atoms with E-state index in [1.54, 1.807) is 0 Å². The number of aromatic nitrogens is 1. The first-order valence-corrected chi connectivity index (χ1v) is 4.09. The zero-order valence-corrected chi connectivity index (χ0v) is 8.06. The molecule has 7 heteroatoms. The van der Waals surface area contributed by atoms with Crippen LogP contribution in [0.1, 0.15) is 22.3 Å². The van der Waals surface area contributed by atoms with Gasteiger partial charge in [-0.05, 0) is 15.9 Å². The highest BCUT2D eigenvalue weighted by atomic mass is 79.9. The van der Waals surface area contributed by atoms with Gasteiger partial charge in [0.15, 0.2) is 5.82 Å². The molecule has 1 rings (SSSR count). The molecule has 0 aliphatic rings. The number of carboxylic acids is 1. The van der Waals surface area contributed by atoms with E-state index in [0.717, 1.165) is 0 Å². The molecule has 0 radical (unpaired) electrons. The van der Waals surface area contributed by atoms with E-state index in [4.69, 9.17) is 5.11 Å². The van der Waals surface area contributed by atoms with Crippen LogP contribution in [-0.4, -0.2) is 16.1 Å². The van der Waals surface area contributed by atoms with Gasteiger partial charge in [0.2, 0.25) is 0 Å². The number of carbonyl (C=O) groups is 1. The molecule has 3 nitrogen and oxygen atoms in total. The van der Waals surface area contributed by atoms with E-state index in [1.807, 2.05) is 0 Å². The third-order valence-corrected chi connectivity index (χ3v) is 2.02. The average Bonchev–Trinajstić information content (AvgIpc) is 2.08. The standard InChI is InChI=1S/C7H3BrF3NO2/c8-5-4(9)3(6(10)11)2(1-12-5)7(13)14/h1,6H,(H,13,14). The van der Waals surface area contributed by atoms with E-state index in [2.05, 4.69) is 20.9 Å². The van der Waals surface area contributed by atoms with E-state index in [-0.39, 0.29) is 0 Å². The largest absolute Gasteiger partial charge is 0.478 e. The summed E-state index contributed by atoms with van der Waals surface area (Å²) in [4.78, 5) is 13.7. The van der Waals surface area contributed by atoms with Crippen LogP contribution in [0.3, 0.4) is 0 Å². The summed E-state index contributed by atoms with van der Waals surface area (Å²) in [7, 11) is 0. The number of hydrogen-bond donors (Lipinski definition) is 1. The van der Waals surface area contributed by atoms with Gasteiger partial charge in [-0.15, -0.1) is 0 Å². The number of halogens is 4. The van der Waals surface area contributed by atoms with E-state index >= 15 is 0 Å². The zero-order valence-electron chi connectivity index (χ0n) is 6.47. The zero-order chi connectivity index (χ0) is 10.9. The molecule has 0 saturated heterocycles. The normalized spacial score (nSPS) is 10.6. The molecule has 14 heavy (non-hydrogen) atoms. The van der Waals surface area contributed by atoms with Crippen LogP contribution in [0.5, 0.6) is 0 Å². The minimum atomic E-state index is -3.19. The molecule has 1 heterocycles. The molecule has 1 N–H and O–H groups in total. The second kappa shape index (κ2) is 3.95. The van der Waals surface area contributed by atoms with Crippen LogP contribution in [0.4, 0.5) is 13.2 Å². The summed E-state index contributed by atoms with van der Waals surface area (Å²) in [6.45, 7) is 0. The van der Waals surface area contributed by atoms with Gasteiger partial charge in [-0.25, -0.2) is 22.9 Å². The van der Waals surface area contributed by atoms with Gasteiger partial charge < -0.3 is 5.11 Å². The maximum Gasteiger partial charge on any atom is 0.337 e. The summed E-state index contributed by atoms with van der Waals surface area (Å²) in [6.07, 6.45) is -2.52. The van der Waals surface area contributed by atoms with Gasteiger partial charge >= 0.3 is 5.97 Å². The van der Waals surface area contributed by atoms with Gasteiger partial charge in [0.05, 0.1) is 11.1 Å². The van der Waals surface area contributed by atoms with Crippen LogP contribution in [0.15, 0.2) is 10.8 Å². The van der Waals surface area contributed by atoms with Crippen LogP contribution < -0.4 is 0 Å². The maximum absolute atomic E-state index is 13.0. The van der Waals surface area contributed by atoms with Gasteiger partial charge in [-0.1, -0.05) is 0 Å². The van der Waals surface area contributed by atoms with Crippen molar-refractivity contribution in [3.8, 4) is 0 Å². The Labute approximate surface area is 84.7 Å². The predicted octanol–water partition coefficient (Wildman–Crippen LogP) is 2.62. The number of nitrogens with zero attached hydrogens (tertiary/aromatic N) is 1. The second-order valence-corrected chi connectivity index (χ2v) is 3.05. The molecule has 0 fully saturated rings. The van der Waals surface area contributed by atoms with Crippen LogP contribution >= 0.6 is 15.9 Å². The highest BCUT2D eigenvalue weighted by Gasteiger charge is 2.24. The summed E-state index contributed by atoms with van der Waals surface area (Å²) in [5.41, 5.74) is -1.99. The number of pyridine rings is 1. The third kappa shape index (κ3) is 1.87. The summed E-state index contributed by atoms with van der Waals surface area (Å²) in [6, 6.07) is 0. The fraction of sp³-hybridized carbons (Fsp3) is 0.143. The van der Waals surface area contributed by atoms with Crippen molar-refractivity contribution in [2.24, 2.45) is 0 Å². The van der Waals surface area contributed by atoms with Gasteiger partial charge in [0.1, 0.15) is 4.60 Å². The van der Waals surface area contributed by atoms with Gasteiger partial charge in [-0.2, -0.15) is 0 Å². The lowest BCUT2D eigenvalue weighted by Gasteiger charge is -2.06. The molecular weight excluding hydrogens is 267 g/mol. The van der Waals surface area contributed by atoms with E-state index < -0.39 is 33.9 Å². The Kier molecular flexibility index (Phi) is 3.10. The fourth-order valence-corrected chi connectivity index (χ4v) is 1.18. The Morgan fingerprint density at radius 2 is 2.14 bits per heavy atom. The van der Waals surface area contributed by atoms with Crippen molar-refractivity contribution in [2.45, 2.75) is 6.43 Å². The molecule has 0 spiro atoms. The van der Waals surface area contributed by atoms with E-state index in [1.165, 1.54) is 0 Å². The van der Waals surface area contributed by atoms with Crippen molar-refractivity contribution >= 4 is 21.9 Å². The minimum absolute atomic E-state index is 0.433. The number of alkyl halides is 2. The lowest BCUT2D eigenvalue weighted by Crippen LogP contribution is -2.07. The lowest BCUT2D eigenvalue weighted by atomic mass is 10.1. The first kappa shape index (κ1) is 11.0. The van der Waals surface area contributed by atoms with Crippen LogP contribution in [-0.2, 0) is 0 Å². The molecule has 76 valence electrons. The van der Waals surface area contributed by atoms with Crippen molar-refractivity contribution in [1.29, 1.82) is 0 Å². The van der Waals surface area contributed by atoms with Gasteiger partial charge in [0.25, 0.3) is 6.43 Å². The summed E-state index contributed by atoms with van der Waals surface area (Å²) in [5.74, 6) is -2.99. The summed E-state index contributed by atoms with van der Waals surface area (Å²) in [5, 5.41) is 8.47. The Balaban J connectivity index is 3.45. The quantitative estimate of drug-likeness (QED) is 0.840. The van der Waals surface area contributed by atoms with Crippen molar-refractivity contribution in [2.75, 3.05) is 0 Å². The smallest absolute Gasteiger partial charge is 0.337 e. The minimum Gasteiger partial charge on any atom is -0.478 e. The SMILES string of the molecule is O=C(O)c1cnc(Br)c(F)c1C(F)F. The first-order valence-electron chi connectivity index (χ1n) is 3.30. The van der Waals surface area contributed by atoms with Crippen molar-refractivity contribution in [1.82, 2.24) is 4.98 Å². The molecule has 0 bridgehead atoms. The Morgan fingerprint density at radius 1 is 1.57 bits per heavy atom. The molecule has 0 aromatic carbocycles. The summed E-state index contributed by atoms with van der Waals surface area (Å²) < 4.78 is 37.1. The number of carboxylic acid groups (broad SMARTS) is 1. The van der Waals surface area contributed by atoms with Gasteiger partial charge in [0, 0.05) is 6.20 Å². The van der Waals surface area contributed by atoms with Crippen LogP contribution in [0.25, 0.3) is 0 Å². The van der Waals surface area contributed by atoms with Crippen molar-refractivity contribution in [3.63, 3.8) is 0 Å². The molecular formula is C7H3BrF3NO2. The van der Waals surface area contributed by atoms with Gasteiger partial charge in [-0.3, -0.25) is 0 Å². The maximum atomic E-state index is 13.0. The Bertz CT molecular complexity index is 383. The molecule has 0 aliphatic heterocycles. The molecule has 0 aliphatic carbocycles. The molecule has 0 atom stereocenters.